The summed E-state index contributed by atoms with van der Waals surface area (Å²) in [6, 6.07) is 127. The van der Waals surface area contributed by atoms with Gasteiger partial charge in [0.25, 0.3) is 0 Å². The molecule has 20 aromatic rings. The summed E-state index contributed by atoms with van der Waals surface area (Å²) in [5.74, 6) is 1.19. The van der Waals surface area contributed by atoms with Crippen LogP contribution in [0.25, 0.3) is 200 Å². The first-order valence-electron chi connectivity index (χ1n) is 34.9. The van der Waals surface area contributed by atoms with Gasteiger partial charge in [0.2, 0.25) is 0 Å². The first-order valence-corrected chi connectivity index (χ1v) is 34.9. The van der Waals surface area contributed by atoms with Crippen LogP contribution >= 0.6 is 0 Å². The Labute approximate surface area is 599 Å². The van der Waals surface area contributed by atoms with E-state index in [0.29, 0.717) is 11.6 Å². The highest BCUT2D eigenvalue weighted by Crippen LogP contribution is 2.39. The maximum absolute atomic E-state index is 5.16. The molecule has 8 heteroatoms. The van der Waals surface area contributed by atoms with Gasteiger partial charge in [-0.1, -0.05) is 285 Å². The van der Waals surface area contributed by atoms with Gasteiger partial charge in [0.05, 0.1) is 56.2 Å². The van der Waals surface area contributed by atoms with Crippen LogP contribution in [-0.4, -0.2) is 39.9 Å². The van der Waals surface area contributed by atoms with Gasteiger partial charge >= 0.3 is 0 Å². The molecule has 0 atom stereocenters. The number of hydrogen-bond acceptors (Lipinski definition) is 8. The highest BCUT2D eigenvalue weighted by atomic mass is 14.9. The molecular weight excluding hydrogens is 1270 g/mol. The first kappa shape index (κ1) is 61.0. The van der Waals surface area contributed by atoms with Gasteiger partial charge in [-0.2, -0.15) is 0 Å². The van der Waals surface area contributed by atoms with Crippen molar-refractivity contribution in [3.05, 3.63) is 364 Å². The van der Waals surface area contributed by atoms with Crippen LogP contribution in [0.3, 0.4) is 0 Å². The van der Waals surface area contributed by atoms with Crippen molar-refractivity contribution in [2.75, 3.05) is 0 Å². The molecule has 104 heavy (non-hydrogen) atoms. The Morgan fingerprint density at radius 2 is 0.500 bits per heavy atom. The summed E-state index contributed by atoms with van der Waals surface area (Å²) >= 11 is 0. The van der Waals surface area contributed by atoms with Crippen LogP contribution in [-0.2, 0) is 0 Å². The fourth-order valence-electron chi connectivity index (χ4n) is 14.4. The third-order valence-corrected chi connectivity index (χ3v) is 19.7. The van der Waals surface area contributed by atoms with Gasteiger partial charge < -0.3 is 0 Å². The second kappa shape index (κ2) is 26.2. The van der Waals surface area contributed by atoms with Crippen LogP contribution < -0.4 is 0 Å². The normalized spacial score (nSPS) is 11.5. The molecule has 0 unspecified atom stereocenters. The van der Waals surface area contributed by atoms with Crippen molar-refractivity contribution in [2.45, 2.75) is 0 Å². The van der Waals surface area contributed by atoms with Crippen molar-refractivity contribution in [2.24, 2.45) is 0 Å². The molecule has 0 aliphatic heterocycles. The quantitative estimate of drug-likeness (QED) is 0.125. The molecule has 0 bridgehead atoms. The van der Waals surface area contributed by atoms with Crippen LogP contribution in [0, 0.1) is 0 Å². The number of benzene rings is 14. The predicted octanol–water partition coefficient (Wildman–Crippen LogP) is 24.4. The van der Waals surface area contributed by atoms with Crippen molar-refractivity contribution >= 4 is 86.7 Å². The molecule has 8 nitrogen and oxygen atoms in total. The van der Waals surface area contributed by atoms with E-state index in [1.807, 2.05) is 84.9 Å². The third kappa shape index (κ3) is 11.7. The molecule has 6 aromatic heterocycles. The lowest BCUT2D eigenvalue weighted by Crippen LogP contribution is -1.97. The highest BCUT2D eigenvalue weighted by molar-refractivity contribution is 6.15. The summed E-state index contributed by atoms with van der Waals surface area (Å²) in [7, 11) is 0. The topological polar surface area (TPSA) is 103 Å². The number of nitrogens with zero attached hydrogens (tertiary/aromatic N) is 8. The van der Waals surface area contributed by atoms with Crippen molar-refractivity contribution in [3.8, 4) is 113 Å². The molecule has 14 aromatic carbocycles. The largest absolute Gasteiger partial charge is 0.248 e. The van der Waals surface area contributed by atoms with Gasteiger partial charge in [0.1, 0.15) is 11.4 Å². The van der Waals surface area contributed by atoms with Crippen LogP contribution in [0.4, 0.5) is 0 Å². The number of pyridine rings is 4. The number of fused-ring (bicyclic) bond motifs is 10. The molecular formula is C96H60N8. The minimum atomic E-state index is 0.597. The maximum Gasteiger partial charge on any atom is 0.179 e. The van der Waals surface area contributed by atoms with Gasteiger partial charge in [-0.3, -0.25) is 0 Å². The van der Waals surface area contributed by atoms with E-state index in [2.05, 4.69) is 279 Å². The third-order valence-electron chi connectivity index (χ3n) is 19.7. The molecule has 0 aliphatic carbocycles. The van der Waals surface area contributed by atoms with Crippen molar-refractivity contribution < 1.29 is 0 Å². The summed E-state index contributed by atoms with van der Waals surface area (Å²) in [6.45, 7) is 0. The molecule has 484 valence electrons. The van der Waals surface area contributed by atoms with Gasteiger partial charge in [-0.15, -0.1) is 0 Å². The second-order valence-electron chi connectivity index (χ2n) is 26.2. The number of hydrogen-bond donors (Lipinski definition) is 0. The van der Waals surface area contributed by atoms with E-state index in [-0.39, 0.29) is 0 Å². The van der Waals surface area contributed by atoms with Gasteiger partial charge in [0.15, 0.2) is 11.6 Å². The average molecular weight is 1330 g/mol. The minimum Gasteiger partial charge on any atom is -0.248 e. The van der Waals surface area contributed by atoms with Crippen LogP contribution in [0.15, 0.2) is 364 Å². The fraction of sp³-hybridized carbons (Fsp3) is 0. The molecule has 6 heterocycles. The molecule has 0 amide bonds. The number of rotatable bonds is 10. The lowest BCUT2D eigenvalue weighted by atomic mass is 9.95. The molecule has 0 saturated carbocycles. The van der Waals surface area contributed by atoms with E-state index < -0.39 is 0 Å². The van der Waals surface area contributed by atoms with Crippen LogP contribution in [0.5, 0.6) is 0 Å². The monoisotopic (exact) mass is 1320 g/mol. The standard InChI is InChI=1S/2C48H30N4/c1-3-11-31(12-4-1)46-30-47(32-13-5-2-6-14-32)52-48(51-46)44-26-21-33-19-20-35(29-45(33)50-44)34-22-24-42-37(27-34)23-25-43(49-42)41-28-36-15-7-8-16-38(36)39-17-9-10-18-40(39)41;1-3-11-32(12-4-1)45-30-46(33-13-5-2-6-14-33)52-48(51-45)43-27-22-34-19-21-37(29-44(34)50-43)36-23-25-41-38(28-36)24-26-42(49-41)40-17-9-15-35-20-18-31-10-7-8-16-39(31)47(35)40/h2*1-30H. The van der Waals surface area contributed by atoms with Crippen molar-refractivity contribution in [1.29, 1.82) is 0 Å². The van der Waals surface area contributed by atoms with Gasteiger partial charge in [-0.25, -0.2) is 39.9 Å². The molecule has 0 saturated heterocycles. The van der Waals surface area contributed by atoms with E-state index in [0.717, 1.165) is 145 Å². The highest BCUT2D eigenvalue weighted by Gasteiger charge is 2.18. The Morgan fingerprint density at radius 1 is 0.144 bits per heavy atom. The Hall–Kier alpha value is -14.1. The first-order chi connectivity index (χ1) is 51.5. The molecule has 0 fully saturated rings. The minimum absolute atomic E-state index is 0.597. The molecule has 0 radical (unpaired) electrons. The molecule has 20 rings (SSSR count). The zero-order chi connectivity index (χ0) is 68.9. The lowest BCUT2D eigenvalue weighted by molar-refractivity contribution is 1.16. The van der Waals surface area contributed by atoms with Gasteiger partial charge in [0, 0.05) is 54.9 Å². The van der Waals surface area contributed by atoms with E-state index >= 15 is 0 Å². The van der Waals surface area contributed by atoms with Gasteiger partial charge in [-0.05, 0) is 144 Å². The summed E-state index contributed by atoms with van der Waals surface area (Å²) in [5, 5.41) is 14.2. The number of aromatic nitrogens is 8. The zero-order valence-electron chi connectivity index (χ0n) is 56.2. The van der Waals surface area contributed by atoms with Crippen LogP contribution in [0.2, 0.25) is 0 Å². The molecule has 0 N–H and O–H groups in total. The van der Waals surface area contributed by atoms with Crippen molar-refractivity contribution in [1.82, 2.24) is 39.9 Å². The van der Waals surface area contributed by atoms with E-state index in [4.69, 9.17) is 39.9 Å². The fourth-order valence-corrected chi connectivity index (χ4v) is 14.4. The Kier molecular flexibility index (Phi) is 15.4. The maximum atomic E-state index is 5.16. The van der Waals surface area contributed by atoms with E-state index in [1.54, 1.807) is 0 Å². The average Bonchev–Trinajstić information content (AvgIpc) is 0.758. The lowest BCUT2D eigenvalue weighted by Gasteiger charge is -2.12. The summed E-state index contributed by atoms with van der Waals surface area (Å²) in [5.41, 5.74) is 21.4. The predicted molar refractivity (Wildman–Crippen MR) is 430 cm³/mol. The summed E-state index contributed by atoms with van der Waals surface area (Å²) in [4.78, 5) is 40.6. The Balaban J connectivity index is 0.000000143. The van der Waals surface area contributed by atoms with E-state index in [9.17, 15) is 0 Å². The smallest absolute Gasteiger partial charge is 0.179 e. The SMILES string of the molecule is c1ccc(-c2cc(-c3ccccc3)nc(-c3ccc4ccc(-c5ccc6nc(-c7cc8ccccc8c8ccccc78)ccc6c5)cc4n3)n2)cc1.c1ccc(-c2cc(-c3ccccc3)nc(-c3ccc4ccc(-c5ccc6nc(-c7cccc8ccc9ccccc9c78)ccc6c5)cc4n3)n2)cc1. The van der Waals surface area contributed by atoms with Crippen molar-refractivity contribution in [3.63, 3.8) is 0 Å². The van der Waals surface area contributed by atoms with E-state index in [1.165, 1.54) is 43.1 Å². The molecule has 0 aliphatic rings. The Bertz CT molecular complexity index is 6310. The summed E-state index contributed by atoms with van der Waals surface area (Å²) < 4.78 is 0. The zero-order valence-corrected chi connectivity index (χ0v) is 56.2. The molecule has 0 spiro atoms. The second-order valence-corrected chi connectivity index (χ2v) is 26.2. The Morgan fingerprint density at radius 3 is 1.01 bits per heavy atom. The van der Waals surface area contributed by atoms with Crippen LogP contribution in [0.1, 0.15) is 0 Å². The summed E-state index contributed by atoms with van der Waals surface area (Å²) in [6.07, 6.45) is 0.